The summed E-state index contributed by atoms with van der Waals surface area (Å²) in [5, 5.41) is 0. The largest absolute Gasteiger partial charge is 0.203 e. The Hall–Kier alpha value is -1.18. The number of benzene rings is 1. The van der Waals surface area contributed by atoms with Gasteiger partial charge < -0.3 is 0 Å². The summed E-state index contributed by atoms with van der Waals surface area (Å²) in [6.07, 6.45) is 16.3. The average Bonchev–Trinajstić information content (AvgIpc) is 2.76. The fourth-order valence-corrected chi connectivity index (χ4v) is 5.50. The lowest BCUT2D eigenvalue weighted by Gasteiger charge is -2.36. The highest BCUT2D eigenvalue weighted by Gasteiger charge is 2.29. The Morgan fingerprint density at radius 1 is 0.966 bits per heavy atom. The van der Waals surface area contributed by atoms with Gasteiger partial charge in [-0.25, -0.2) is 8.78 Å². The van der Waals surface area contributed by atoms with Crippen molar-refractivity contribution in [3.8, 4) is 0 Å². The Morgan fingerprint density at radius 3 is 2.34 bits per heavy atom. The first-order valence-corrected chi connectivity index (χ1v) is 12.2. The van der Waals surface area contributed by atoms with Crippen LogP contribution in [0.2, 0.25) is 0 Å². The molecule has 0 heterocycles. The normalized spacial score (nSPS) is 26.2. The van der Waals surface area contributed by atoms with Gasteiger partial charge in [-0.1, -0.05) is 77.5 Å². The van der Waals surface area contributed by atoms with Gasteiger partial charge in [0, 0.05) is 5.56 Å². The first-order chi connectivity index (χ1) is 14.0. The zero-order chi connectivity index (χ0) is 20.8. The molecule has 29 heavy (non-hydrogen) atoms. The third-order valence-electron chi connectivity index (χ3n) is 7.80. The van der Waals surface area contributed by atoms with Gasteiger partial charge in [-0.15, -0.1) is 0 Å². The lowest BCUT2D eigenvalue weighted by Crippen LogP contribution is -2.23. The molecule has 0 N–H and O–H groups in total. The molecule has 0 radical (unpaired) electrons. The molecule has 2 heteroatoms. The molecule has 0 aromatic heterocycles. The molecule has 0 spiro atoms. The van der Waals surface area contributed by atoms with Gasteiger partial charge in [-0.05, 0) is 73.3 Å². The van der Waals surface area contributed by atoms with Crippen molar-refractivity contribution < 1.29 is 8.78 Å². The second-order valence-corrected chi connectivity index (χ2v) is 9.79. The van der Waals surface area contributed by atoms with Gasteiger partial charge in [0.05, 0.1) is 0 Å². The zero-order valence-electron chi connectivity index (χ0n) is 18.8. The fourth-order valence-electron chi connectivity index (χ4n) is 5.50. The molecule has 0 bridgehead atoms. The van der Waals surface area contributed by atoms with Crippen LogP contribution in [0, 0.1) is 35.3 Å². The monoisotopic (exact) mass is 402 g/mol. The van der Waals surface area contributed by atoms with E-state index >= 15 is 0 Å². The second-order valence-electron chi connectivity index (χ2n) is 9.79. The minimum atomic E-state index is -0.637. The van der Waals surface area contributed by atoms with Crippen molar-refractivity contribution in [3.05, 3.63) is 41.0 Å². The Kier molecular flexibility index (Phi) is 8.33. The van der Waals surface area contributed by atoms with Gasteiger partial charge in [0.25, 0.3) is 0 Å². The molecule has 2 atom stereocenters. The van der Waals surface area contributed by atoms with Crippen molar-refractivity contribution >= 4 is 5.57 Å². The molecule has 2 aliphatic carbocycles. The van der Waals surface area contributed by atoms with E-state index in [1.165, 1.54) is 44.9 Å². The van der Waals surface area contributed by atoms with Crippen LogP contribution in [0.4, 0.5) is 8.78 Å². The molecule has 1 aromatic rings. The second kappa shape index (κ2) is 10.7. The summed E-state index contributed by atoms with van der Waals surface area (Å²) in [5.74, 6) is 2.11. The van der Waals surface area contributed by atoms with Crippen LogP contribution in [0.1, 0.15) is 103 Å². The smallest absolute Gasteiger partial charge is 0.166 e. The molecule has 0 aliphatic heterocycles. The molecular weight excluding hydrogens is 362 g/mol. The first-order valence-electron chi connectivity index (χ1n) is 12.2. The van der Waals surface area contributed by atoms with Gasteiger partial charge in [-0.2, -0.15) is 0 Å². The lowest BCUT2D eigenvalue weighted by atomic mass is 9.70. The molecule has 2 unspecified atom stereocenters. The molecule has 0 nitrogen and oxygen atoms in total. The summed E-state index contributed by atoms with van der Waals surface area (Å²) in [6, 6.07) is 3.59. The van der Waals surface area contributed by atoms with Gasteiger partial charge in [0.1, 0.15) is 0 Å². The number of hydrogen-bond acceptors (Lipinski definition) is 0. The van der Waals surface area contributed by atoms with E-state index in [-0.39, 0.29) is 0 Å². The zero-order valence-corrected chi connectivity index (χ0v) is 18.8. The van der Waals surface area contributed by atoms with Crippen LogP contribution in [0.5, 0.6) is 0 Å². The molecule has 3 rings (SSSR count). The molecule has 1 aromatic carbocycles. The van der Waals surface area contributed by atoms with Crippen molar-refractivity contribution in [1.82, 2.24) is 0 Å². The highest BCUT2D eigenvalue weighted by molar-refractivity contribution is 5.67. The Labute approximate surface area is 177 Å². The Morgan fingerprint density at radius 2 is 1.72 bits per heavy atom. The lowest BCUT2D eigenvalue weighted by molar-refractivity contribution is 0.184. The first kappa shape index (κ1) is 22.5. The van der Waals surface area contributed by atoms with Crippen LogP contribution in [0.3, 0.4) is 0 Å². The number of halogens is 2. The van der Waals surface area contributed by atoms with Gasteiger partial charge in [0.2, 0.25) is 0 Å². The molecular formula is C27H40F2. The molecule has 2 aliphatic rings. The van der Waals surface area contributed by atoms with E-state index in [4.69, 9.17) is 0 Å². The summed E-state index contributed by atoms with van der Waals surface area (Å²) in [4.78, 5) is 0. The summed E-state index contributed by atoms with van der Waals surface area (Å²) in [7, 11) is 0. The van der Waals surface area contributed by atoms with Gasteiger partial charge >= 0.3 is 0 Å². The highest BCUT2D eigenvalue weighted by Crippen LogP contribution is 2.42. The predicted octanol–water partition coefficient (Wildman–Crippen LogP) is 8.73. The minimum Gasteiger partial charge on any atom is -0.203 e. The molecule has 162 valence electrons. The quantitative estimate of drug-likeness (QED) is 0.408. The molecule has 1 saturated carbocycles. The van der Waals surface area contributed by atoms with Crippen molar-refractivity contribution in [1.29, 1.82) is 0 Å². The Bertz CT molecular complexity index is 682. The Balaban J connectivity index is 1.53. The van der Waals surface area contributed by atoms with E-state index in [1.54, 1.807) is 12.1 Å². The maximum atomic E-state index is 14.6. The predicted molar refractivity (Wildman–Crippen MR) is 120 cm³/mol. The maximum absolute atomic E-state index is 14.6. The van der Waals surface area contributed by atoms with Gasteiger partial charge in [0.15, 0.2) is 11.6 Å². The number of allylic oxidation sites excluding steroid dienone is 2. The van der Waals surface area contributed by atoms with Crippen LogP contribution < -0.4 is 0 Å². The van der Waals surface area contributed by atoms with E-state index in [9.17, 15) is 8.78 Å². The third-order valence-corrected chi connectivity index (χ3v) is 7.80. The van der Waals surface area contributed by atoms with Crippen LogP contribution in [0.15, 0.2) is 18.2 Å². The van der Waals surface area contributed by atoms with Crippen LogP contribution in [-0.2, 0) is 6.42 Å². The highest BCUT2D eigenvalue weighted by atomic mass is 19.2. The molecule has 1 fully saturated rings. The maximum Gasteiger partial charge on any atom is 0.166 e. The number of rotatable bonds is 8. The summed E-state index contributed by atoms with van der Waals surface area (Å²) < 4.78 is 28.9. The SMILES string of the molecule is CCCc1ccc(C2=CCC(C3CCC(CCC(C)CC)CC3)CC2)c(F)c1F. The number of aryl methyl sites for hydroxylation is 1. The van der Waals surface area contributed by atoms with Crippen molar-refractivity contribution in [2.24, 2.45) is 23.7 Å². The average molecular weight is 403 g/mol. The van der Waals surface area contributed by atoms with Crippen LogP contribution in [-0.4, -0.2) is 0 Å². The summed E-state index contributed by atoms with van der Waals surface area (Å²) >= 11 is 0. The minimum absolute atomic E-state index is 0.495. The standard InChI is InChI=1S/C27H40F2/c1-4-6-24-17-18-25(27(29)26(24)28)23-15-13-22(14-16-23)21-11-9-20(10-12-21)8-7-19(3)5-2/h15,17-22H,4-14,16H2,1-3H3. The van der Waals surface area contributed by atoms with Crippen molar-refractivity contribution in [2.75, 3.05) is 0 Å². The molecule has 0 amide bonds. The van der Waals surface area contributed by atoms with E-state index in [2.05, 4.69) is 19.9 Å². The third kappa shape index (κ3) is 5.70. The van der Waals surface area contributed by atoms with Crippen molar-refractivity contribution in [3.63, 3.8) is 0 Å². The molecule has 0 saturated heterocycles. The van der Waals surface area contributed by atoms with Crippen molar-refractivity contribution in [2.45, 2.75) is 97.8 Å². The van der Waals surface area contributed by atoms with E-state index in [1.807, 2.05) is 6.92 Å². The van der Waals surface area contributed by atoms with Gasteiger partial charge in [-0.3, -0.25) is 0 Å². The van der Waals surface area contributed by atoms with E-state index in [0.717, 1.165) is 54.9 Å². The van der Waals surface area contributed by atoms with E-state index in [0.29, 0.717) is 17.5 Å². The number of hydrogen-bond donors (Lipinski definition) is 0. The summed E-state index contributed by atoms with van der Waals surface area (Å²) in [6.45, 7) is 6.67. The van der Waals surface area contributed by atoms with E-state index < -0.39 is 11.6 Å². The van der Waals surface area contributed by atoms with Crippen LogP contribution >= 0.6 is 0 Å². The van der Waals surface area contributed by atoms with Crippen LogP contribution in [0.25, 0.3) is 5.57 Å². The topological polar surface area (TPSA) is 0 Å². The summed E-state index contributed by atoms with van der Waals surface area (Å²) in [5.41, 5.74) is 2.02. The fraction of sp³-hybridized carbons (Fsp3) is 0.704.